The monoisotopic (exact) mass is 271 g/mol. The standard InChI is InChI=1S/C15H7F2NS/c16-14-2-1-3-15(17)13(14)9-6-11-4-7-12(8-5-11)19-10-18/h1-5,7-8H. The Kier molecular flexibility index (Phi) is 4.18. The summed E-state index contributed by atoms with van der Waals surface area (Å²) in [5, 5.41) is 10.5. The average Bonchev–Trinajstić information content (AvgIpc) is 2.40. The molecule has 0 spiro atoms. The predicted molar refractivity (Wildman–Crippen MR) is 70.3 cm³/mol. The van der Waals surface area contributed by atoms with Crippen LogP contribution in [0.15, 0.2) is 47.4 Å². The summed E-state index contributed by atoms with van der Waals surface area (Å²) in [6.07, 6.45) is 0. The quantitative estimate of drug-likeness (QED) is 0.445. The van der Waals surface area contributed by atoms with Crippen molar-refractivity contribution in [3.05, 3.63) is 65.2 Å². The number of nitriles is 1. The lowest BCUT2D eigenvalue weighted by molar-refractivity contribution is 0.577. The van der Waals surface area contributed by atoms with Crippen molar-refractivity contribution in [3.8, 4) is 17.2 Å². The van der Waals surface area contributed by atoms with E-state index in [9.17, 15) is 8.78 Å². The van der Waals surface area contributed by atoms with E-state index < -0.39 is 11.6 Å². The van der Waals surface area contributed by atoms with Crippen LogP contribution in [-0.4, -0.2) is 0 Å². The minimum atomic E-state index is -0.677. The molecule has 0 radical (unpaired) electrons. The Balaban J connectivity index is 2.27. The van der Waals surface area contributed by atoms with Gasteiger partial charge in [-0.05, 0) is 48.2 Å². The molecule has 0 aliphatic carbocycles. The summed E-state index contributed by atoms with van der Waals surface area (Å²) in [4.78, 5) is 0.796. The first kappa shape index (κ1) is 13.1. The molecule has 0 bridgehead atoms. The summed E-state index contributed by atoms with van der Waals surface area (Å²) in [6, 6.07) is 10.5. The molecule has 0 saturated carbocycles. The van der Waals surface area contributed by atoms with Gasteiger partial charge in [-0.3, -0.25) is 0 Å². The number of hydrogen-bond donors (Lipinski definition) is 0. The molecule has 0 atom stereocenters. The number of halogens is 2. The van der Waals surface area contributed by atoms with E-state index in [4.69, 9.17) is 5.26 Å². The number of rotatable bonds is 1. The highest BCUT2D eigenvalue weighted by atomic mass is 32.2. The largest absolute Gasteiger partial charge is 0.206 e. The van der Waals surface area contributed by atoms with Crippen molar-refractivity contribution < 1.29 is 8.78 Å². The molecule has 0 fully saturated rings. The lowest BCUT2D eigenvalue weighted by Gasteiger charge is -1.96. The Labute approximate surface area is 113 Å². The van der Waals surface area contributed by atoms with Crippen LogP contribution in [0.25, 0.3) is 0 Å². The van der Waals surface area contributed by atoms with Gasteiger partial charge in [-0.1, -0.05) is 17.9 Å². The van der Waals surface area contributed by atoms with E-state index in [2.05, 4.69) is 11.8 Å². The minimum Gasteiger partial charge on any atom is -0.206 e. The van der Waals surface area contributed by atoms with Gasteiger partial charge in [-0.25, -0.2) is 8.78 Å². The second kappa shape index (κ2) is 6.04. The van der Waals surface area contributed by atoms with Gasteiger partial charge in [0.25, 0.3) is 0 Å². The maximum absolute atomic E-state index is 13.3. The van der Waals surface area contributed by atoms with E-state index in [1.54, 1.807) is 24.3 Å². The van der Waals surface area contributed by atoms with Gasteiger partial charge in [0.2, 0.25) is 0 Å². The normalized spacial score (nSPS) is 9.32. The number of nitrogens with zero attached hydrogens (tertiary/aromatic N) is 1. The molecule has 0 unspecified atom stereocenters. The Hall–Kier alpha value is -2.30. The van der Waals surface area contributed by atoms with Crippen molar-refractivity contribution in [2.45, 2.75) is 4.90 Å². The molecule has 0 aliphatic rings. The van der Waals surface area contributed by atoms with E-state index in [1.165, 1.54) is 18.2 Å². The fourth-order valence-corrected chi connectivity index (χ4v) is 1.79. The van der Waals surface area contributed by atoms with Crippen LogP contribution in [0, 0.1) is 34.1 Å². The van der Waals surface area contributed by atoms with Gasteiger partial charge >= 0.3 is 0 Å². The summed E-state index contributed by atoms with van der Waals surface area (Å²) in [5.74, 6) is 3.81. The Morgan fingerprint density at radius 3 is 2.11 bits per heavy atom. The molecule has 1 nitrogen and oxygen atoms in total. The van der Waals surface area contributed by atoms with Crippen molar-refractivity contribution in [2.24, 2.45) is 0 Å². The van der Waals surface area contributed by atoms with Gasteiger partial charge in [0.15, 0.2) is 0 Å². The van der Waals surface area contributed by atoms with Gasteiger partial charge in [-0.15, -0.1) is 0 Å². The molecule has 0 N–H and O–H groups in total. The Morgan fingerprint density at radius 1 is 0.895 bits per heavy atom. The second-order valence-electron chi connectivity index (χ2n) is 3.56. The average molecular weight is 271 g/mol. The van der Waals surface area contributed by atoms with Gasteiger partial charge in [0.1, 0.15) is 17.0 Å². The lowest BCUT2D eigenvalue weighted by Crippen LogP contribution is -1.88. The molecule has 2 aromatic carbocycles. The Morgan fingerprint density at radius 2 is 1.53 bits per heavy atom. The molecule has 0 aliphatic heterocycles. The first-order valence-corrected chi connectivity index (χ1v) is 6.14. The SMILES string of the molecule is N#CSc1ccc(C#Cc2c(F)cccc2F)cc1. The number of thiocyanates is 1. The van der Waals surface area contributed by atoms with Crippen LogP contribution >= 0.6 is 11.8 Å². The van der Waals surface area contributed by atoms with Crippen LogP contribution in [0.4, 0.5) is 8.78 Å². The predicted octanol–water partition coefficient (Wildman–Crippen LogP) is 3.94. The number of hydrogen-bond acceptors (Lipinski definition) is 2. The molecule has 0 heterocycles. The van der Waals surface area contributed by atoms with Crippen LogP contribution < -0.4 is 0 Å². The molecule has 2 aromatic rings. The smallest absolute Gasteiger partial charge is 0.141 e. The van der Waals surface area contributed by atoms with E-state index in [1.807, 2.05) is 5.40 Å². The third-order valence-electron chi connectivity index (χ3n) is 2.31. The van der Waals surface area contributed by atoms with Gasteiger partial charge in [-0.2, -0.15) is 5.26 Å². The zero-order valence-electron chi connectivity index (χ0n) is 9.65. The molecule has 0 aromatic heterocycles. The van der Waals surface area contributed by atoms with Crippen molar-refractivity contribution in [3.63, 3.8) is 0 Å². The first-order chi connectivity index (χ1) is 9.20. The molecule has 4 heteroatoms. The molecule has 0 amide bonds. The maximum Gasteiger partial charge on any atom is 0.141 e. The lowest BCUT2D eigenvalue weighted by atomic mass is 10.1. The molecule has 92 valence electrons. The van der Waals surface area contributed by atoms with Crippen molar-refractivity contribution in [2.75, 3.05) is 0 Å². The molecule has 19 heavy (non-hydrogen) atoms. The molecular weight excluding hydrogens is 264 g/mol. The molecular formula is C15H7F2NS. The summed E-state index contributed by atoms with van der Waals surface area (Å²) in [5.41, 5.74) is 0.392. The first-order valence-electron chi connectivity index (χ1n) is 5.33. The van der Waals surface area contributed by atoms with Crippen molar-refractivity contribution in [1.82, 2.24) is 0 Å². The van der Waals surface area contributed by atoms with Crippen LogP contribution in [-0.2, 0) is 0 Å². The fourth-order valence-electron chi connectivity index (χ4n) is 1.41. The highest BCUT2D eigenvalue weighted by Gasteiger charge is 2.04. The molecule has 2 rings (SSSR count). The number of benzene rings is 2. The summed E-state index contributed by atoms with van der Waals surface area (Å²) in [7, 11) is 0. The Bertz CT molecular complexity index is 671. The van der Waals surface area contributed by atoms with E-state index >= 15 is 0 Å². The topological polar surface area (TPSA) is 23.8 Å². The highest BCUT2D eigenvalue weighted by Crippen LogP contribution is 2.16. The summed E-state index contributed by atoms with van der Waals surface area (Å²) < 4.78 is 26.7. The zero-order chi connectivity index (χ0) is 13.7. The van der Waals surface area contributed by atoms with Gasteiger partial charge < -0.3 is 0 Å². The third kappa shape index (κ3) is 3.34. The van der Waals surface area contributed by atoms with Crippen molar-refractivity contribution >= 4 is 11.8 Å². The fraction of sp³-hybridized carbons (Fsp3) is 0. The zero-order valence-corrected chi connectivity index (χ0v) is 10.5. The second-order valence-corrected chi connectivity index (χ2v) is 4.42. The summed E-state index contributed by atoms with van der Waals surface area (Å²) >= 11 is 1.04. The maximum atomic E-state index is 13.3. The van der Waals surface area contributed by atoms with Gasteiger partial charge in [0.05, 0.1) is 5.56 Å². The van der Waals surface area contributed by atoms with Crippen molar-refractivity contribution in [1.29, 1.82) is 5.26 Å². The van der Waals surface area contributed by atoms with E-state index in [0.717, 1.165) is 16.7 Å². The van der Waals surface area contributed by atoms with E-state index in [0.29, 0.717) is 5.56 Å². The van der Waals surface area contributed by atoms with Crippen LogP contribution in [0.1, 0.15) is 11.1 Å². The highest BCUT2D eigenvalue weighted by molar-refractivity contribution is 8.03. The number of thioether (sulfide) groups is 1. The van der Waals surface area contributed by atoms with Crippen LogP contribution in [0.2, 0.25) is 0 Å². The van der Waals surface area contributed by atoms with Gasteiger partial charge in [0, 0.05) is 10.5 Å². The third-order valence-corrected chi connectivity index (χ3v) is 2.91. The van der Waals surface area contributed by atoms with E-state index in [-0.39, 0.29) is 5.56 Å². The van der Waals surface area contributed by atoms with Crippen LogP contribution in [0.3, 0.4) is 0 Å². The molecule has 0 saturated heterocycles. The van der Waals surface area contributed by atoms with Crippen LogP contribution in [0.5, 0.6) is 0 Å². The minimum absolute atomic E-state index is 0.238. The summed E-state index contributed by atoms with van der Waals surface area (Å²) in [6.45, 7) is 0.